The molecule has 0 aliphatic rings. The zero-order valence-electron chi connectivity index (χ0n) is 15.1. The first-order valence-electron chi connectivity index (χ1n) is 8.55. The number of rotatable bonds is 7. The van der Waals surface area contributed by atoms with Crippen LogP contribution in [0, 0.1) is 13.8 Å². The van der Waals surface area contributed by atoms with Crippen molar-refractivity contribution in [3.63, 3.8) is 0 Å². The average molecular weight is 325 g/mol. The van der Waals surface area contributed by atoms with Crippen LogP contribution in [0.2, 0.25) is 0 Å². The zero-order chi connectivity index (χ0) is 17.5. The van der Waals surface area contributed by atoms with Gasteiger partial charge in [-0.05, 0) is 55.5 Å². The third-order valence-corrected chi connectivity index (χ3v) is 4.02. The number of hydrogen-bond donors (Lipinski definition) is 1. The number of nitrogens with one attached hydrogen (secondary N) is 1. The summed E-state index contributed by atoms with van der Waals surface area (Å²) in [6.45, 7) is 8.94. The van der Waals surface area contributed by atoms with Crippen molar-refractivity contribution in [1.29, 1.82) is 0 Å². The number of anilines is 1. The van der Waals surface area contributed by atoms with E-state index in [9.17, 15) is 4.79 Å². The second-order valence-corrected chi connectivity index (χ2v) is 6.54. The maximum absolute atomic E-state index is 12.0. The predicted molar refractivity (Wildman–Crippen MR) is 99.8 cm³/mol. The van der Waals surface area contributed by atoms with Crippen molar-refractivity contribution in [3.8, 4) is 5.75 Å². The summed E-state index contributed by atoms with van der Waals surface area (Å²) in [5, 5.41) is 2.96. The summed E-state index contributed by atoms with van der Waals surface area (Å²) in [7, 11) is 0. The van der Waals surface area contributed by atoms with E-state index in [1.807, 2.05) is 38.1 Å². The minimum atomic E-state index is 0.0284. The maximum Gasteiger partial charge on any atom is 0.224 e. The summed E-state index contributed by atoms with van der Waals surface area (Å²) in [5.74, 6) is 1.41. The largest absolute Gasteiger partial charge is 0.494 e. The number of carbonyl (C=O) groups is 1. The van der Waals surface area contributed by atoms with Crippen molar-refractivity contribution >= 4 is 11.6 Å². The molecule has 24 heavy (non-hydrogen) atoms. The molecule has 0 radical (unpaired) electrons. The molecule has 0 heterocycles. The van der Waals surface area contributed by atoms with E-state index in [0.717, 1.165) is 17.0 Å². The lowest BCUT2D eigenvalue weighted by Crippen LogP contribution is -2.13. The molecule has 0 saturated carbocycles. The van der Waals surface area contributed by atoms with E-state index in [-0.39, 0.29) is 5.91 Å². The summed E-state index contributed by atoms with van der Waals surface area (Å²) in [6.07, 6.45) is 1.15. The molecular formula is C21H27NO2. The molecule has 0 atom stereocenters. The van der Waals surface area contributed by atoms with Crippen LogP contribution in [0.1, 0.15) is 49.3 Å². The molecule has 2 rings (SSSR count). The standard InChI is InChI=1S/C21H27NO2/c1-15(2)18-8-10-19(11-9-18)24-13-5-6-21(23)22-20-12-7-16(3)14-17(20)4/h7-12,14-15H,5-6,13H2,1-4H3,(H,22,23). The molecule has 0 aromatic heterocycles. The number of ether oxygens (including phenoxy) is 1. The van der Waals surface area contributed by atoms with Crippen molar-refractivity contribution in [3.05, 3.63) is 59.2 Å². The molecule has 0 unspecified atom stereocenters. The van der Waals surface area contributed by atoms with Gasteiger partial charge in [-0.15, -0.1) is 0 Å². The van der Waals surface area contributed by atoms with Crippen LogP contribution >= 0.6 is 0 Å². The second kappa shape index (κ2) is 8.53. The number of benzene rings is 2. The zero-order valence-corrected chi connectivity index (χ0v) is 15.1. The van der Waals surface area contributed by atoms with E-state index in [1.54, 1.807) is 0 Å². The monoisotopic (exact) mass is 325 g/mol. The van der Waals surface area contributed by atoms with Gasteiger partial charge in [0.25, 0.3) is 0 Å². The van der Waals surface area contributed by atoms with E-state index in [2.05, 4.69) is 37.4 Å². The minimum Gasteiger partial charge on any atom is -0.494 e. The van der Waals surface area contributed by atoms with E-state index < -0.39 is 0 Å². The molecule has 0 aliphatic heterocycles. The van der Waals surface area contributed by atoms with Gasteiger partial charge in [0.05, 0.1) is 6.61 Å². The van der Waals surface area contributed by atoms with Crippen molar-refractivity contribution in [2.45, 2.75) is 46.5 Å². The Bertz CT molecular complexity index is 675. The van der Waals surface area contributed by atoms with Crippen LogP contribution in [0.25, 0.3) is 0 Å². The van der Waals surface area contributed by atoms with Gasteiger partial charge in [-0.1, -0.05) is 43.7 Å². The van der Waals surface area contributed by atoms with Crippen molar-refractivity contribution < 1.29 is 9.53 Å². The first kappa shape index (κ1) is 18.1. The van der Waals surface area contributed by atoms with Crippen LogP contribution in [0.4, 0.5) is 5.69 Å². The predicted octanol–water partition coefficient (Wildman–Crippen LogP) is 5.22. The number of aryl methyl sites for hydroxylation is 2. The third-order valence-electron chi connectivity index (χ3n) is 4.02. The van der Waals surface area contributed by atoms with Crippen LogP contribution in [-0.2, 0) is 4.79 Å². The van der Waals surface area contributed by atoms with E-state index in [1.165, 1.54) is 11.1 Å². The molecule has 1 N–H and O–H groups in total. The van der Waals surface area contributed by atoms with Gasteiger partial charge in [0.15, 0.2) is 0 Å². The Labute approximate surface area is 145 Å². The summed E-state index contributed by atoms with van der Waals surface area (Å²) in [6, 6.07) is 14.2. The topological polar surface area (TPSA) is 38.3 Å². The van der Waals surface area contributed by atoms with E-state index in [0.29, 0.717) is 25.4 Å². The summed E-state index contributed by atoms with van der Waals surface area (Å²) >= 11 is 0. The van der Waals surface area contributed by atoms with Crippen molar-refractivity contribution in [2.75, 3.05) is 11.9 Å². The number of hydrogen-bond acceptors (Lipinski definition) is 2. The molecule has 0 spiro atoms. The normalized spacial score (nSPS) is 10.7. The van der Waals surface area contributed by atoms with Crippen LogP contribution in [0.5, 0.6) is 5.75 Å². The fourth-order valence-electron chi connectivity index (χ4n) is 2.54. The molecule has 0 bridgehead atoms. The van der Waals surface area contributed by atoms with Gasteiger partial charge < -0.3 is 10.1 Å². The molecule has 0 saturated heterocycles. The third kappa shape index (κ3) is 5.41. The molecular weight excluding hydrogens is 298 g/mol. The van der Waals surface area contributed by atoms with Gasteiger partial charge in [0.1, 0.15) is 5.75 Å². The van der Waals surface area contributed by atoms with Gasteiger partial charge in [-0.3, -0.25) is 4.79 Å². The Morgan fingerprint density at radius 2 is 1.79 bits per heavy atom. The highest BCUT2D eigenvalue weighted by Crippen LogP contribution is 2.19. The Hall–Kier alpha value is -2.29. The lowest BCUT2D eigenvalue weighted by molar-refractivity contribution is -0.116. The Morgan fingerprint density at radius 3 is 2.42 bits per heavy atom. The maximum atomic E-state index is 12.0. The van der Waals surface area contributed by atoms with Crippen LogP contribution in [0.3, 0.4) is 0 Å². The Balaban J connectivity index is 1.72. The fourth-order valence-corrected chi connectivity index (χ4v) is 2.54. The van der Waals surface area contributed by atoms with Gasteiger partial charge in [-0.25, -0.2) is 0 Å². The van der Waals surface area contributed by atoms with Crippen molar-refractivity contribution in [2.24, 2.45) is 0 Å². The Kier molecular flexibility index (Phi) is 6.42. The molecule has 0 fully saturated rings. The van der Waals surface area contributed by atoms with Gasteiger partial charge >= 0.3 is 0 Å². The van der Waals surface area contributed by atoms with Crippen molar-refractivity contribution in [1.82, 2.24) is 0 Å². The van der Waals surface area contributed by atoms with Gasteiger partial charge in [-0.2, -0.15) is 0 Å². The lowest BCUT2D eigenvalue weighted by atomic mass is 10.0. The average Bonchev–Trinajstić information content (AvgIpc) is 2.55. The summed E-state index contributed by atoms with van der Waals surface area (Å²) < 4.78 is 5.70. The molecule has 3 nitrogen and oxygen atoms in total. The molecule has 2 aromatic carbocycles. The Morgan fingerprint density at radius 1 is 1.08 bits per heavy atom. The van der Waals surface area contributed by atoms with E-state index in [4.69, 9.17) is 4.74 Å². The van der Waals surface area contributed by atoms with Gasteiger partial charge in [0.2, 0.25) is 5.91 Å². The highest BCUT2D eigenvalue weighted by atomic mass is 16.5. The van der Waals surface area contributed by atoms with Crippen LogP contribution in [0.15, 0.2) is 42.5 Å². The van der Waals surface area contributed by atoms with Crippen LogP contribution in [-0.4, -0.2) is 12.5 Å². The fraction of sp³-hybridized carbons (Fsp3) is 0.381. The molecule has 0 aliphatic carbocycles. The molecule has 2 aromatic rings. The highest BCUT2D eigenvalue weighted by molar-refractivity contribution is 5.91. The highest BCUT2D eigenvalue weighted by Gasteiger charge is 2.05. The molecule has 128 valence electrons. The quantitative estimate of drug-likeness (QED) is 0.708. The number of amides is 1. The second-order valence-electron chi connectivity index (χ2n) is 6.54. The van der Waals surface area contributed by atoms with Crippen LogP contribution < -0.4 is 10.1 Å². The summed E-state index contributed by atoms with van der Waals surface area (Å²) in [4.78, 5) is 12.0. The molecule has 1 amide bonds. The van der Waals surface area contributed by atoms with E-state index >= 15 is 0 Å². The molecule has 3 heteroatoms. The number of carbonyl (C=O) groups excluding carboxylic acids is 1. The van der Waals surface area contributed by atoms with Gasteiger partial charge in [0, 0.05) is 12.1 Å². The summed E-state index contributed by atoms with van der Waals surface area (Å²) in [5.41, 5.74) is 4.47. The smallest absolute Gasteiger partial charge is 0.224 e. The lowest BCUT2D eigenvalue weighted by Gasteiger charge is -2.10. The SMILES string of the molecule is Cc1ccc(NC(=O)CCCOc2ccc(C(C)C)cc2)c(C)c1. The first-order valence-corrected chi connectivity index (χ1v) is 8.55. The minimum absolute atomic E-state index is 0.0284. The first-order chi connectivity index (χ1) is 11.5.